The van der Waals surface area contributed by atoms with Gasteiger partial charge < -0.3 is 24.1 Å². The number of pyridine rings is 1. The lowest BCUT2D eigenvalue weighted by Crippen LogP contribution is -2.54. The van der Waals surface area contributed by atoms with E-state index in [0.717, 1.165) is 29.7 Å². The van der Waals surface area contributed by atoms with Crippen LogP contribution < -0.4 is 5.32 Å². The second kappa shape index (κ2) is 7.02. The quantitative estimate of drug-likeness (QED) is 0.855. The van der Waals surface area contributed by atoms with E-state index in [2.05, 4.69) is 10.3 Å². The fourth-order valence-electron chi connectivity index (χ4n) is 3.66. The largest absolute Gasteiger partial charge is 0.444 e. The minimum atomic E-state index is -0.721. The van der Waals surface area contributed by atoms with Gasteiger partial charge in [0, 0.05) is 12.7 Å². The number of aryl methyl sites for hydroxylation is 1. The van der Waals surface area contributed by atoms with Crippen molar-refractivity contribution >= 4 is 17.5 Å². The molecule has 0 aromatic carbocycles. The van der Waals surface area contributed by atoms with E-state index < -0.39 is 23.3 Å². The summed E-state index contributed by atoms with van der Waals surface area (Å²) in [6, 6.07) is 4.02. The van der Waals surface area contributed by atoms with Crippen molar-refractivity contribution < 1.29 is 19.1 Å². The highest BCUT2D eigenvalue weighted by Gasteiger charge is 2.50. The van der Waals surface area contributed by atoms with Crippen molar-refractivity contribution in [3.05, 3.63) is 35.9 Å². The van der Waals surface area contributed by atoms with Crippen molar-refractivity contribution in [2.45, 2.75) is 57.8 Å². The van der Waals surface area contributed by atoms with E-state index in [1.165, 1.54) is 4.90 Å². The van der Waals surface area contributed by atoms with Crippen LogP contribution in [0.15, 0.2) is 24.5 Å². The third-order valence-corrected chi connectivity index (χ3v) is 5.33. The molecular weight excluding hydrogens is 372 g/mol. The van der Waals surface area contributed by atoms with E-state index in [4.69, 9.17) is 9.47 Å². The third kappa shape index (κ3) is 3.94. The van der Waals surface area contributed by atoms with Gasteiger partial charge in [-0.05, 0) is 52.2 Å². The van der Waals surface area contributed by atoms with Crippen molar-refractivity contribution in [1.29, 1.82) is 0 Å². The Labute approximate surface area is 170 Å². The van der Waals surface area contributed by atoms with Gasteiger partial charge in [-0.3, -0.25) is 4.79 Å². The van der Waals surface area contributed by atoms with Crippen LogP contribution in [-0.2, 0) is 19.8 Å². The summed E-state index contributed by atoms with van der Waals surface area (Å²) in [5, 5.41) is 3.13. The molecule has 156 valence electrons. The zero-order chi connectivity index (χ0) is 20.8. The van der Waals surface area contributed by atoms with Gasteiger partial charge >= 0.3 is 6.09 Å². The lowest BCUT2D eigenvalue weighted by Gasteiger charge is -2.34. The molecule has 29 heavy (non-hydrogen) atoms. The van der Waals surface area contributed by atoms with Crippen LogP contribution in [0.25, 0.3) is 5.52 Å². The van der Waals surface area contributed by atoms with Crippen LogP contribution in [0.2, 0.25) is 0 Å². The summed E-state index contributed by atoms with van der Waals surface area (Å²) in [6.07, 6.45) is 4.33. The van der Waals surface area contributed by atoms with Gasteiger partial charge in [0.25, 0.3) is 5.91 Å². The van der Waals surface area contributed by atoms with Gasteiger partial charge in [0.05, 0.1) is 30.4 Å². The number of aromatic nitrogens is 2. The molecule has 0 unspecified atom stereocenters. The van der Waals surface area contributed by atoms with Gasteiger partial charge in [0.15, 0.2) is 6.10 Å². The number of amides is 2. The lowest BCUT2D eigenvalue weighted by molar-refractivity contribution is -0.139. The minimum Gasteiger partial charge on any atom is -0.444 e. The van der Waals surface area contributed by atoms with Crippen LogP contribution in [0.1, 0.15) is 45.0 Å². The number of fused-ring (bicyclic) bond motifs is 1. The number of nitrogens with zero attached hydrogens (tertiary/aromatic N) is 3. The van der Waals surface area contributed by atoms with Crippen molar-refractivity contribution in [2.75, 3.05) is 19.7 Å². The van der Waals surface area contributed by atoms with E-state index in [-0.39, 0.29) is 12.5 Å². The molecule has 2 aliphatic rings. The van der Waals surface area contributed by atoms with Gasteiger partial charge in [0.1, 0.15) is 11.4 Å². The SMILES string of the molecule is Cc1cccn2c(C3(NC(=O)[C@@H]4CN(C(=O)OC(C)(C)C)CCO4)CC3)ncc12. The van der Waals surface area contributed by atoms with Crippen LogP contribution in [0.3, 0.4) is 0 Å². The predicted octanol–water partition coefficient (Wildman–Crippen LogP) is 2.38. The molecule has 8 heteroatoms. The average Bonchev–Trinajstić information content (AvgIpc) is 3.28. The summed E-state index contributed by atoms with van der Waals surface area (Å²) in [5.41, 5.74) is 1.12. The molecule has 1 aliphatic heterocycles. The Bertz CT molecular complexity index is 942. The maximum Gasteiger partial charge on any atom is 0.410 e. The van der Waals surface area contributed by atoms with Crippen molar-refractivity contribution in [1.82, 2.24) is 19.6 Å². The van der Waals surface area contributed by atoms with Crippen LogP contribution in [0.4, 0.5) is 4.79 Å². The Balaban J connectivity index is 1.46. The molecule has 2 aromatic rings. The Morgan fingerprint density at radius 2 is 2.10 bits per heavy atom. The average molecular weight is 400 g/mol. The number of rotatable bonds is 3. The normalized spacial score (nSPS) is 21.1. The number of carbonyl (C=O) groups excluding carboxylic acids is 2. The fraction of sp³-hybridized carbons (Fsp3) is 0.571. The van der Waals surface area contributed by atoms with Crippen LogP contribution in [0.5, 0.6) is 0 Å². The van der Waals surface area contributed by atoms with Crippen LogP contribution >= 0.6 is 0 Å². The molecule has 2 aromatic heterocycles. The fourth-order valence-corrected chi connectivity index (χ4v) is 3.66. The highest BCUT2D eigenvalue weighted by Crippen LogP contribution is 2.45. The number of carbonyl (C=O) groups is 2. The molecule has 2 amide bonds. The maximum absolute atomic E-state index is 13.0. The molecule has 1 aliphatic carbocycles. The number of nitrogens with one attached hydrogen (secondary N) is 1. The molecule has 0 spiro atoms. The number of ether oxygens (including phenoxy) is 2. The molecule has 1 N–H and O–H groups in total. The first-order valence-electron chi connectivity index (χ1n) is 10.0. The molecule has 8 nitrogen and oxygen atoms in total. The van der Waals surface area contributed by atoms with E-state index >= 15 is 0 Å². The summed E-state index contributed by atoms with van der Waals surface area (Å²) in [4.78, 5) is 31.4. The van der Waals surface area contributed by atoms with E-state index in [1.54, 1.807) is 0 Å². The summed E-state index contributed by atoms with van der Waals surface area (Å²) >= 11 is 0. The molecular formula is C21H28N4O4. The third-order valence-electron chi connectivity index (χ3n) is 5.33. The highest BCUT2D eigenvalue weighted by molar-refractivity contribution is 5.83. The summed E-state index contributed by atoms with van der Waals surface area (Å²) < 4.78 is 13.1. The standard InChI is InChI=1S/C21H28N4O4/c1-14-6-5-9-25-15(14)12-22-18(25)21(7-8-21)23-17(26)16-13-24(10-11-28-16)19(27)29-20(2,3)4/h5-6,9,12,16H,7-8,10-11,13H2,1-4H3,(H,23,26)/t16-/m0/s1. The Morgan fingerprint density at radius 3 is 2.79 bits per heavy atom. The molecule has 0 bridgehead atoms. The Hall–Kier alpha value is -2.61. The number of imidazole rings is 1. The van der Waals surface area contributed by atoms with E-state index in [0.29, 0.717) is 13.2 Å². The molecule has 2 fully saturated rings. The monoisotopic (exact) mass is 400 g/mol. The zero-order valence-corrected chi connectivity index (χ0v) is 17.4. The Kier molecular flexibility index (Phi) is 4.77. The molecule has 0 radical (unpaired) electrons. The molecule has 3 heterocycles. The van der Waals surface area contributed by atoms with E-state index in [9.17, 15) is 9.59 Å². The highest BCUT2D eigenvalue weighted by atomic mass is 16.6. The minimum absolute atomic E-state index is 0.179. The first-order valence-corrected chi connectivity index (χ1v) is 10.0. The van der Waals surface area contributed by atoms with Crippen molar-refractivity contribution in [3.63, 3.8) is 0 Å². The first-order chi connectivity index (χ1) is 13.7. The lowest BCUT2D eigenvalue weighted by atomic mass is 10.2. The first kappa shape index (κ1) is 19.7. The summed E-state index contributed by atoms with van der Waals surface area (Å²) in [5.74, 6) is 0.615. The number of hydrogen-bond acceptors (Lipinski definition) is 5. The second-order valence-corrected chi connectivity index (χ2v) is 8.89. The zero-order valence-electron chi connectivity index (χ0n) is 17.4. The Morgan fingerprint density at radius 1 is 1.34 bits per heavy atom. The summed E-state index contributed by atoms with van der Waals surface area (Å²) in [6.45, 7) is 8.40. The maximum atomic E-state index is 13.0. The van der Waals surface area contributed by atoms with Gasteiger partial charge in [-0.15, -0.1) is 0 Å². The van der Waals surface area contributed by atoms with E-state index in [1.807, 2.05) is 56.6 Å². The molecule has 1 saturated heterocycles. The topological polar surface area (TPSA) is 85.2 Å². The predicted molar refractivity (Wildman–Crippen MR) is 107 cm³/mol. The van der Waals surface area contributed by atoms with Gasteiger partial charge in [-0.25, -0.2) is 9.78 Å². The van der Waals surface area contributed by atoms with Gasteiger partial charge in [-0.2, -0.15) is 0 Å². The van der Waals surface area contributed by atoms with Gasteiger partial charge in [0.2, 0.25) is 0 Å². The molecule has 4 rings (SSSR count). The van der Waals surface area contributed by atoms with Crippen LogP contribution in [-0.4, -0.2) is 57.7 Å². The second-order valence-electron chi connectivity index (χ2n) is 8.89. The van der Waals surface area contributed by atoms with Crippen molar-refractivity contribution in [2.24, 2.45) is 0 Å². The number of morpholine rings is 1. The van der Waals surface area contributed by atoms with Crippen LogP contribution in [0, 0.1) is 6.92 Å². The van der Waals surface area contributed by atoms with Gasteiger partial charge in [-0.1, -0.05) is 6.07 Å². The number of hydrogen-bond donors (Lipinski definition) is 1. The molecule has 1 atom stereocenters. The molecule has 1 saturated carbocycles. The summed E-state index contributed by atoms with van der Waals surface area (Å²) in [7, 11) is 0. The smallest absolute Gasteiger partial charge is 0.410 e. The van der Waals surface area contributed by atoms with Crippen molar-refractivity contribution in [3.8, 4) is 0 Å².